The molecule has 1 spiro atoms. The number of anilines is 1. The van der Waals surface area contributed by atoms with Gasteiger partial charge >= 0.3 is 0 Å². The van der Waals surface area contributed by atoms with Crippen molar-refractivity contribution >= 4 is 23.4 Å². The highest BCUT2D eigenvalue weighted by Crippen LogP contribution is 2.65. The molecule has 3 aliphatic heterocycles. The monoisotopic (exact) mass is 523 g/mol. The number of hydrogen-bond donors (Lipinski definition) is 1. The van der Waals surface area contributed by atoms with Crippen LogP contribution in [0.15, 0.2) is 43.5 Å². The molecule has 3 amide bonds. The minimum Gasteiger partial charge on any atom is -0.396 e. The van der Waals surface area contributed by atoms with Crippen molar-refractivity contribution in [1.82, 2.24) is 9.80 Å². The first-order chi connectivity index (χ1) is 18.0. The van der Waals surface area contributed by atoms with Crippen LogP contribution in [-0.2, 0) is 19.1 Å². The van der Waals surface area contributed by atoms with Crippen molar-refractivity contribution in [2.45, 2.75) is 57.8 Å². The van der Waals surface area contributed by atoms with Gasteiger partial charge in [-0.3, -0.25) is 14.4 Å². The lowest BCUT2D eigenvalue weighted by molar-refractivity contribution is -0.150. The molecule has 8 nitrogen and oxygen atoms in total. The standard InChI is InChI=1S/C30H41N3O5/c1-8-13-31(7)26(35)23-24-27(36)33(15-10-16-34)25(30(24)18-21(5)29(23,6)38-30)28(37)32(14-9-2)22-17-19(3)11-12-20(22)4/h8-9,11-12,17,21,23-25,34H,1-2,10,13-16,18H2,3-7H3/t21?,23-,24-,25?,29+,30?/m0/s1. The summed E-state index contributed by atoms with van der Waals surface area (Å²) in [5, 5.41) is 9.62. The van der Waals surface area contributed by atoms with E-state index in [4.69, 9.17) is 4.74 Å². The molecule has 206 valence electrons. The van der Waals surface area contributed by atoms with Crippen LogP contribution in [0.1, 0.15) is 37.8 Å². The van der Waals surface area contributed by atoms with Crippen LogP contribution >= 0.6 is 0 Å². The summed E-state index contributed by atoms with van der Waals surface area (Å²) in [6.07, 6.45) is 4.15. The number of aryl methyl sites for hydroxylation is 2. The highest BCUT2D eigenvalue weighted by Gasteiger charge is 2.80. The fourth-order valence-corrected chi connectivity index (χ4v) is 6.99. The summed E-state index contributed by atoms with van der Waals surface area (Å²) >= 11 is 0. The number of amides is 3. The van der Waals surface area contributed by atoms with Gasteiger partial charge in [-0.15, -0.1) is 13.2 Å². The topological polar surface area (TPSA) is 90.4 Å². The lowest BCUT2D eigenvalue weighted by Gasteiger charge is -2.38. The van der Waals surface area contributed by atoms with E-state index in [2.05, 4.69) is 13.2 Å². The Hall–Kier alpha value is -2.97. The van der Waals surface area contributed by atoms with Crippen LogP contribution < -0.4 is 4.90 Å². The Morgan fingerprint density at radius 1 is 1.21 bits per heavy atom. The summed E-state index contributed by atoms with van der Waals surface area (Å²) in [6, 6.07) is 5.02. The van der Waals surface area contributed by atoms with Gasteiger partial charge in [0.05, 0.1) is 17.4 Å². The SMILES string of the molecule is C=CCN(C)C(=O)[C@@H]1[C@H]2C(=O)N(CCCO)C(C(=O)N(CC=C)c3cc(C)ccc3C)C23CC(C)[C@@]1(C)O3. The fraction of sp³-hybridized carbons (Fsp3) is 0.567. The number of fused-ring (bicyclic) bond motifs is 1. The Balaban J connectivity index is 1.85. The van der Waals surface area contributed by atoms with Crippen molar-refractivity contribution in [3.63, 3.8) is 0 Å². The number of nitrogens with zero attached hydrogens (tertiary/aromatic N) is 3. The number of hydrogen-bond acceptors (Lipinski definition) is 5. The predicted molar refractivity (Wildman–Crippen MR) is 146 cm³/mol. The maximum atomic E-state index is 14.6. The van der Waals surface area contributed by atoms with E-state index < -0.39 is 29.1 Å². The lowest BCUT2D eigenvalue weighted by Crippen LogP contribution is -2.57. The molecular formula is C30H41N3O5. The van der Waals surface area contributed by atoms with E-state index in [1.165, 1.54) is 0 Å². The zero-order chi connectivity index (χ0) is 28.0. The molecule has 3 aliphatic rings. The summed E-state index contributed by atoms with van der Waals surface area (Å²) in [6.45, 7) is 16.2. The second kappa shape index (κ2) is 10.3. The van der Waals surface area contributed by atoms with Crippen LogP contribution in [0, 0.1) is 31.6 Å². The molecule has 3 saturated heterocycles. The van der Waals surface area contributed by atoms with Gasteiger partial charge in [0.15, 0.2) is 0 Å². The number of carbonyl (C=O) groups is 3. The highest BCUT2D eigenvalue weighted by atomic mass is 16.5. The minimum atomic E-state index is -1.13. The maximum Gasteiger partial charge on any atom is 0.253 e. The Bertz CT molecular complexity index is 1150. The molecule has 3 heterocycles. The average Bonchev–Trinajstić information content (AvgIpc) is 3.38. The van der Waals surface area contributed by atoms with Crippen LogP contribution in [0.25, 0.3) is 0 Å². The molecule has 3 fully saturated rings. The molecule has 1 aromatic rings. The van der Waals surface area contributed by atoms with E-state index in [0.29, 0.717) is 19.4 Å². The van der Waals surface area contributed by atoms with E-state index >= 15 is 0 Å². The van der Waals surface area contributed by atoms with Gasteiger partial charge in [-0.25, -0.2) is 0 Å². The third-order valence-electron chi connectivity index (χ3n) is 8.88. The number of likely N-dealkylation sites (tertiary alicyclic amines) is 1. The number of rotatable bonds is 10. The van der Waals surface area contributed by atoms with Crippen LogP contribution in [-0.4, -0.2) is 83.2 Å². The van der Waals surface area contributed by atoms with Gasteiger partial charge in [-0.1, -0.05) is 31.2 Å². The Labute approximate surface area is 225 Å². The van der Waals surface area contributed by atoms with E-state index in [0.717, 1.165) is 16.8 Å². The molecule has 1 N–H and O–H groups in total. The maximum absolute atomic E-state index is 14.6. The van der Waals surface area contributed by atoms with Crippen LogP contribution in [0.5, 0.6) is 0 Å². The van der Waals surface area contributed by atoms with Crippen molar-refractivity contribution in [2.75, 3.05) is 38.2 Å². The number of aliphatic hydroxyl groups is 1. The first-order valence-electron chi connectivity index (χ1n) is 13.4. The first kappa shape index (κ1) is 28.0. The quantitative estimate of drug-likeness (QED) is 0.477. The number of ether oxygens (including phenoxy) is 1. The Morgan fingerprint density at radius 2 is 1.89 bits per heavy atom. The van der Waals surface area contributed by atoms with Gasteiger partial charge in [0.25, 0.3) is 5.91 Å². The third kappa shape index (κ3) is 4.09. The molecule has 4 rings (SSSR count). The summed E-state index contributed by atoms with van der Waals surface area (Å²) in [5.74, 6) is -2.22. The smallest absolute Gasteiger partial charge is 0.253 e. The summed E-state index contributed by atoms with van der Waals surface area (Å²) in [5.41, 5.74) is 0.691. The molecule has 8 heteroatoms. The van der Waals surface area contributed by atoms with Crippen molar-refractivity contribution in [1.29, 1.82) is 0 Å². The molecule has 3 unspecified atom stereocenters. The van der Waals surface area contributed by atoms with Gasteiger partial charge in [0.2, 0.25) is 11.8 Å². The van der Waals surface area contributed by atoms with Crippen LogP contribution in [0.4, 0.5) is 5.69 Å². The van der Waals surface area contributed by atoms with Crippen LogP contribution in [0.3, 0.4) is 0 Å². The lowest BCUT2D eigenvalue weighted by atomic mass is 9.62. The van der Waals surface area contributed by atoms with Crippen LogP contribution in [0.2, 0.25) is 0 Å². The van der Waals surface area contributed by atoms with Crippen molar-refractivity contribution < 1.29 is 24.2 Å². The molecule has 0 aromatic heterocycles. The Morgan fingerprint density at radius 3 is 2.53 bits per heavy atom. The highest BCUT2D eigenvalue weighted by molar-refractivity contribution is 6.05. The van der Waals surface area contributed by atoms with E-state index in [9.17, 15) is 19.5 Å². The zero-order valence-corrected chi connectivity index (χ0v) is 23.3. The Kier molecular flexibility index (Phi) is 7.60. The molecular weight excluding hydrogens is 482 g/mol. The zero-order valence-electron chi connectivity index (χ0n) is 23.3. The molecule has 6 atom stereocenters. The molecule has 0 saturated carbocycles. The molecule has 0 aliphatic carbocycles. The fourth-order valence-electron chi connectivity index (χ4n) is 6.99. The summed E-state index contributed by atoms with van der Waals surface area (Å²) < 4.78 is 6.81. The van der Waals surface area contributed by atoms with Gasteiger partial charge in [0, 0.05) is 39.0 Å². The third-order valence-corrected chi connectivity index (χ3v) is 8.88. The summed E-state index contributed by atoms with van der Waals surface area (Å²) in [7, 11) is 1.70. The second-order valence-electron chi connectivity index (χ2n) is 11.3. The average molecular weight is 524 g/mol. The van der Waals surface area contributed by atoms with E-state index in [1.54, 1.807) is 33.9 Å². The van der Waals surface area contributed by atoms with Gasteiger partial charge in [-0.2, -0.15) is 0 Å². The number of carbonyl (C=O) groups excluding carboxylic acids is 3. The normalized spacial score (nSPS) is 31.3. The minimum absolute atomic E-state index is 0.0423. The summed E-state index contributed by atoms with van der Waals surface area (Å²) in [4.78, 5) is 47.4. The molecule has 0 radical (unpaired) electrons. The van der Waals surface area contributed by atoms with Crippen molar-refractivity contribution in [2.24, 2.45) is 17.8 Å². The largest absolute Gasteiger partial charge is 0.396 e. The van der Waals surface area contributed by atoms with E-state index in [1.807, 2.05) is 45.9 Å². The van der Waals surface area contributed by atoms with E-state index in [-0.39, 0.29) is 43.3 Å². The van der Waals surface area contributed by atoms with Crippen molar-refractivity contribution in [3.8, 4) is 0 Å². The molecule has 38 heavy (non-hydrogen) atoms. The van der Waals surface area contributed by atoms with Crippen molar-refractivity contribution in [3.05, 3.63) is 54.6 Å². The molecule has 1 aromatic carbocycles. The second-order valence-corrected chi connectivity index (χ2v) is 11.3. The predicted octanol–water partition coefficient (Wildman–Crippen LogP) is 2.86. The van der Waals surface area contributed by atoms with Gasteiger partial charge in [-0.05, 0) is 56.7 Å². The number of benzene rings is 1. The molecule has 2 bridgehead atoms. The van der Waals surface area contributed by atoms with Gasteiger partial charge < -0.3 is 24.5 Å². The number of likely N-dealkylation sites (N-methyl/N-ethyl adjacent to an activating group) is 1. The number of aliphatic hydroxyl groups excluding tert-OH is 1. The van der Waals surface area contributed by atoms with Gasteiger partial charge in [0.1, 0.15) is 11.6 Å². The first-order valence-corrected chi connectivity index (χ1v) is 13.4.